The summed E-state index contributed by atoms with van der Waals surface area (Å²) in [6.07, 6.45) is 1.61. The van der Waals surface area contributed by atoms with Crippen LogP contribution in [0.1, 0.15) is 40.1 Å². The number of hydrogen-bond acceptors (Lipinski definition) is 6. The quantitative estimate of drug-likeness (QED) is 0.247. The predicted molar refractivity (Wildman–Crippen MR) is 152 cm³/mol. The molecule has 0 aliphatic heterocycles. The fraction of sp³-hybridized carbons (Fsp3) is 0.167. The number of amides is 1. The van der Waals surface area contributed by atoms with Gasteiger partial charge in [-0.05, 0) is 66.6 Å². The third-order valence-corrected chi connectivity index (χ3v) is 8.08. The summed E-state index contributed by atoms with van der Waals surface area (Å²) in [6, 6.07) is 25.7. The molecule has 8 nitrogen and oxygen atoms in total. The number of nitrogens with zero attached hydrogens (tertiary/aromatic N) is 2. The first-order chi connectivity index (χ1) is 19.3. The molecule has 0 bridgehead atoms. The summed E-state index contributed by atoms with van der Waals surface area (Å²) in [4.78, 5) is 30.0. The second kappa shape index (κ2) is 13.3. The highest BCUT2D eigenvalue weighted by Gasteiger charge is 2.27. The Bertz CT molecular complexity index is 1530. The van der Waals surface area contributed by atoms with E-state index in [9.17, 15) is 18.0 Å². The van der Waals surface area contributed by atoms with Crippen LogP contribution in [-0.2, 0) is 32.6 Å². The highest BCUT2D eigenvalue weighted by molar-refractivity contribution is 7.89. The second-order valence-electron chi connectivity index (χ2n) is 8.81. The summed E-state index contributed by atoms with van der Waals surface area (Å²) in [5.41, 5.74) is 2.16. The van der Waals surface area contributed by atoms with Gasteiger partial charge in [-0.15, -0.1) is 0 Å². The highest BCUT2D eigenvalue weighted by atomic mass is 35.5. The minimum atomic E-state index is -3.90. The fourth-order valence-electron chi connectivity index (χ4n) is 3.98. The Labute approximate surface area is 238 Å². The van der Waals surface area contributed by atoms with Crippen LogP contribution in [0.5, 0.6) is 0 Å². The molecule has 1 atom stereocenters. The van der Waals surface area contributed by atoms with Crippen molar-refractivity contribution < 1.29 is 22.7 Å². The number of carbonyl (C=O) groups is 2. The Morgan fingerprint density at radius 2 is 1.57 bits per heavy atom. The first kappa shape index (κ1) is 28.9. The first-order valence-corrected chi connectivity index (χ1v) is 14.4. The molecule has 4 rings (SSSR count). The van der Waals surface area contributed by atoms with E-state index in [4.69, 9.17) is 16.3 Å². The molecule has 1 aromatic heterocycles. The SMILES string of the molecule is CCOC(=O)C(NC(=O)c1ccc(CN(Cc2ccccn2)S(=O)(=O)c2ccc(Cl)cc2)cc1)c1ccccc1. The van der Waals surface area contributed by atoms with Gasteiger partial charge >= 0.3 is 5.97 Å². The fourth-order valence-corrected chi connectivity index (χ4v) is 5.51. The minimum Gasteiger partial charge on any atom is -0.464 e. The molecule has 10 heteroatoms. The number of rotatable bonds is 11. The zero-order valence-electron chi connectivity index (χ0n) is 21.7. The third-order valence-electron chi connectivity index (χ3n) is 6.02. The van der Waals surface area contributed by atoms with E-state index in [0.717, 1.165) is 0 Å². The Kier molecular flexibility index (Phi) is 9.65. The average Bonchev–Trinajstić information content (AvgIpc) is 2.97. The van der Waals surface area contributed by atoms with E-state index in [1.54, 1.807) is 79.9 Å². The minimum absolute atomic E-state index is 0.0406. The third kappa shape index (κ3) is 7.32. The van der Waals surface area contributed by atoms with Crippen molar-refractivity contribution in [3.05, 3.63) is 131 Å². The molecule has 40 heavy (non-hydrogen) atoms. The van der Waals surface area contributed by atoms with Gasteiger partial charge in [-0.1, -0.05) is 60.1 Å². The molecule has 4 aromatic rings. The molecule has 1 N–H and O–H groups in total. The van der Waals surface area contributed by atoms with Gasteiger partial charge in [-0.25, -0.2) is 13.2 Å². The average molecular weight is 578 g/mol. The van der Waals surface area contributed by atoms with Gasteiger partial charge in [0.25, 0.3) is 5.91 Å². The Morgan fingerprint density at radius 3 is 2.20 bits per heavy atom. The second-order valence-corrected chi connectivity index (χ2v) is 11.2. The smallest absolute Gasteiger partial charge is 0.333 e. The van der Waals surface area contributed by atoms with Gasteiger partial charge in [0.2, 0.25) is 10.0 Å². The van der Waals surface area contributed by atoms with Gasteiger partial charge < -0.3 is 10.1 Å². The van der Waals surface area contributed by atoms with E-state index >= 15 is 0 Å². The maximum Gasteiger partial charge on any atom is 0.333 e. The van der Waals surface area contributed by atoms with Crippen molar-refractivity contribution in [2.75, 3.05) is 6.61 Å². The van der Waals surface area contributed by atoms with Crippen LogP contribution in [0, 0.1) is 0 Å². The lowest BCUT2D eigenvalue weighted by Crippen LogP contribution is -2.35. The van der Waals surface area contributed by atoms with Gasteiger partial charge in [0.15, 0.2) is 6.04 Å². The van der Waals surface area contributed by atoms with Crippen LogP contribution in [0.15, 0.2) is 108 Å². The monoisotopic (exact) mass is 577 g/mol. The van der Waals surface area contributed by atoms with Crippen molar-refractivity contribution in [2.45, 2.75) is 31.0 Å². The van der Waals surface area contributed by atoms with Crippen LogP contribution in [0.4, 0.5) is 0 Å². The van der Waals surface area contributed by atoms with Gasteiger partial charge in [0, 0.05) is 23.3 Å². The molecule has 0 fully saturated rings. The molecule has 206 valence electrons. The molecule has 3 aromatic carbocycles. The lowest BCUT2D eigenvalue weighted by molar-refractivity contribution is -0.145. The van der Waals surface area contributed by atoms with Crippen molar-refractivity contribution in [3.8, 4) is 0 Å². The Hall–Kier alpha value is -4.05. The number of esters is 1. The number of halogens is 1. The number of hydrogen-bond donors (Lipinski definition) is 1. The van der Waals surface area contributed by atoms with E-state index < -0.39 is 27.9 Å². The molecular weight excluding hydrogens is 550 g/mol. The van der Waals surface area contributed by atoms with E-state index in [2.05, 4.69) is 10.3 Å². The highest BCUT2D eigenvalue weighted by Crippen LogP contribution is 2.23. The van der Waals surface area contributed by atoms with E-state index in [1.807, 2.05) is 6.07 Å². The van der Waals surface area contributed by atoms with Crippen molar-refractivity contribution >= 4 is 33.5 Å². The molecule has 1 amide bonds. The lowest BCUT2D eigenvalue weighted by atomic mass is 10.1. The molecule has 0 spiro atoms. The molecule has 1 unspecified atom stereocenters. The number of pyridine rings is 1. The molecule has 0 saturated carbocycles. The van der Waals surface area contributed by atoms with Crippen molar-refractivity contribution in [2.24, 2.45) is 0 Å². The number of aromatic nitrogens is 1. The van der Waals surface area contributed by atoms with Gasteiger partial charge in [0.05, 0.1) is 23.7 Å². The zero-order valence-corrected chi connectivity index (χ0v) is 23.3. The van der Waals surface area contributed by atoms with Gasteiger partial charge in [-0.3, -0.25) is 9.78 Å². The number of nitrogens with one attached hydrogen (secondary N) is 1. The summed E-state index contributed by atoms with van der Waals surface area (Å²) in [5, 5.41) is 3.17. The van der Waals surface area contributed by atoms with Crippen molar-refractivity contribution in [1.82, 2.24) is 14.6 Å². The summed E-state index contributed by atoms with van der Waals surface area (Å²) < 4.78 is 33.6. The Balaban J connectivity index is 1.55. The van der Waals surface area contributed by atoms with Crippen molar-refractivity contribution in [1.29, 1.82) is 0 Å². The predicted octanol–water partition coefficient (Wildman–Crippen LogP) is 5.16. The van der Waals surface area contributed by atoms with Crippen molar-refractivity contribution in [3.63, 3.8) is 0 Å². The normalized spacial score (nSPS) is 12.1. The van der Waals surface area contributed by atoms with Gasteiger partial charge in [0.1, 0.15) is 0 Å². The molecule has 0 saturated heterocycles. The number of ether oxygens (including phenoxy) is 1. The van der Waals surface area contributed by atoms with Crippen LogP contribution >= 0.6 is 11.6 Å². The van der Waals surface area contributed by atoms with E-state index in [0.29, 0.717) is 27.4 Å². The van der Waals surface area contributed by atoms with Crippen LogP contribution in [0.2, 0.25) is 5.02 Å². The topological polar surface area (TPSA) is 106 Å². The number of carbonyl (C=O) groups excluding carboxylic acids is 2. The summed E-state index contributed by atoms with van der Waals surface area (Å²) in [7, 11) is -3.90. The van der Waals surface area contributed by atoms with E-state index in [-0.39, 0.29) is 24.6 Å². The maximum absolute atomic E-state index is 13.5. The largest absolute Gasteiger partial charge is 0.464 e. The van der Waals surface area contributed by atoms with E-state index in [1.165, 1.54) is 28.6 Å². The number of sulfonamides is 1. The molecule has 0 aliphatic rings. The summed E-state index contributed by atoms with van der Waals surface area (Å²) >= 11 is 5.96. The zero-order chi connectivity index (χ0) is 28.5. The molecular formula is C30H28ClN3O5S. The molecule has 1 heterocycles. The summed E-state index contributed by atoms with van der Waals surface area (Å²) in [5.74, 6) is -1.02. The van der Waals surface area contributed by atoms with Crippen LogP contribution in [0.25, 0.3) is 0 Å². The lowest BCUT2D eigenvalue weighted by Gasteiger charge is -2.22. The standard InChI is InChI=1S/C30H28ClN3O5S/c1-2-39-30(36)28(23-8-4-3-5-9-23)33-29(35)24-13-11-22(12-14-24)20-34(21-26-10-6-7-19-32-26)40(37,38)27-17-15-25(31)16-18-27/h3-19,28H,2,20-21H2,1H3,(H,33,35). The van der Waals surface area contributed by atoms with Crippen LogP contribution in [-0.4, -0.2) is 36.2 Å². The summed E-state index contributed by atoms with van der Waals surface area (Å²) in [6.45, 7) is 1.97. The number of benzene rings is 3. The van der Waals surface area contributed by atoms with Gasteiger partial charge in [-0.2, -0.15) is 4.31 Å². The first-order valence-electron chi connectivity index (χ1n) is 12.5. The maximum atomic E-state index is 13.5. The van der Waals surface area contributed by atoms with Crippen LogP contribution < -0.4 is 5.32 Å². The van der Waals surface area contributed by atoms with Crippen LogP contribution in [0.3, 0.4) is 0 Å². The molecule has 0 radical (unpaired) electrons. The molecule has 0 aliphatic carbocycles. The Morgan fingerprint density at radius 1 is 0.900 bits per heavy atom.